The van der Waals surface area contributed by atoms with Crippen molar-refractivity contribution < 1.29 is 9.84 Å². The van der Waals surface area contributed by atoms with Crippen LogP contribution in [0.3, 0.4) is 0 Å². The van der Waals surface area contributed by atoms with Gasteiger partial charge in [0.2, 0.25) is 0 Å². The monoisotopic (exact) mass is 292 g/mol. The average molecular weight is 292 g/mol. The summed E-state index contributed by atoms with van der Waals surface area (Å²) >= 11 is 0. The molecular formula is C17H28N2O2. The number of aromatic nitrogens is 1. The summed E-state index contributed by atoms with van der Waals surface area (Å²) in [6, 6.07) is 4.07. The molecule has 2 rings (SSSR count). The fourth-order valence-corrected chi connectivity index (χ4v) is 2.85. The van der Waals surface area contributed by atoms with Crippen molar-refractivity contribution in [3.8, 4) is 0 Å². The number of aryl methyl sites for hydroxylation is 1. The Kier molecular flexibility index (Phi) is 7.13. The molecule has 1 aromatic rings. The molecule has 4 nitrogen and oxygen atoms in total. The molecule has 1 heterocycles. The third-order valence-electron chi connectivity index (χ3n) is 4.11. The van der Waals surface area contributed by atoms with E-state index in [4.69, 9.17) is 4.74 Å². The van der Waals surface area contributed by atoms with Crippen molar-refractivity contribution in [1.82, 2.24) is 10.3 Å². The number of ether oxygens (including phenoxy) is 1. The first-order valence-electron chi connectivity index (χ1n) is 8.22. The second-order valence-corrected chi connectivity index (χ2v) is 5.84. The second kappa shape index (κ2) is 9.13. The van der Waals surface area contributed by atoms with Gasteiger partial charge in [0.1, 0.15) is 0 Å². The molecule has 118 valence electrons. The highest BCUT2D eigenvalue weighted by atomic mass is 16.5. The molecule has 0 saturated heterocycles. The summed E-state index contributed by atoms with van der Waals surface area (Å²) in [4.78, 5) is 4.39. The SMILES string of the molecule is CCc1cccnc1CNCC(O)COC1CCCCC1. The van der Waals surface area contributed by atoms with Crippen LogP contribution in [0.4, 0.5) is 0 Å². The predicted molar refractivity (Wildman–Crippen MR) is 84.2 cm³/mol. The van der Waals surface area contributed by atoms with E-state index in [1.807, 2.05) is 12.3 Å². The first-order valence-corrected chi connectivity index (χ1v) is 8.22. The minimum absolute atomic E-state index is 0.357. The number of hydrogen-bond acceptors (Lipinski definition) is 4. The summed E-state index contributed by atoms with van der Waals surface area (Å²) in [6.07, 6.45) is 8.86. The van der Waals surface area contributed by atoms with Crippen molar-refractivity contribution in [2.24, 2.45) is 0 Å². The largest absolute Gasteiger partial charge is 0.389 e. The smallest absolute Gasteiger partial charge is 0.0897 e. The fourth-order valence-electron chi connectivity index (χ4n) is 2.85. The van der Waals surface area contributed by atoms with Gasteiger partial charge in [0.05, 0.1) is 24.5 Å². The summed E-state index contributed by atoms with van der Waals surface area (Å²) in [5.74, 6) is 0. The van der Waals surface area contributed by atoms with E-state index in [1.54, 1.807) is 0 Å². The summed E-state index contributed by atoms with van der Waals surface area (Å²) in [5, 5.41) is 13.2. The Morgan fingerprint density at radius 2 is 2.19 bits per heavy atom. The van der Waals surface area contributed by atoms with Gasteiger partial charge in [-0.1, -0.05) is 32.3 Å². The molecule has 0 aromatic carbocycles. The maximum absolute atomic E-state index is 9.98. The lowest BCUT2D eigenvalue weighted by Gasteiger charge is -2.23. The third kappa shape index (κ3) is 5.73. The highest BCUT2D eigenvalue weighted by Gasteiger charge is 2.15. The van der Waals surface area contributed by atoms with Crippen molar-refractivity contribution in [3.63, 3.8) is 0 Å². The molecule has 1 atom stereocenters. The quantitative estimate of drug-likeness (QED) is 0.773. The molecule has 0 spiro atoms. The maximum atomic E-state index is 9.98. The Bertz CT molecular complexity index is 406. The van der Waals surface area contributed by atoms with Crippen molar-refractivity contribution in [2.75, 3.05) is 13.2 Å². The van der Waals surface area contributed by atoms with Crippen molar-refractivity contribution in [1.29, 1.82) is 0 Å². The van der Waals surface area contributed by atoms with Gasteiger partial charge in [-0.05, 0) is 30.9 Å². The van der Waals surface area contributed by atoms with Gasteiger partial charge in [0, 0.05) is 19.3 Å². The molecule has 4 heteroatoms. The molecule has 1 aromatic heterocycles. The summed E-state index contributed by atoms with van der Waals surface area (Å²) in [6.45, 7) is 3.81. The normalized spacial score (nSPS) is 17.8. The summed E-state index contributed by atoms with van der Waals surface area (Å²) in [7, 11) is 0. The zero-order valence-corrected chi connectivity index (χ0v) is 13.1. The molecular weight excluding hydrogens is 264 g/mol. The lowest BCUT2D eigenvalue weighted by molar-refractivity contribution is -0.0230. The standard InChI is InChI=1S/C17H28N2O2/c1-2-14-7-6-10-19-17(14)12-18-11-15(20)13-21-16-8-4-3-5-9-16/h6-7,10,15-16,18,20H,2-5,8-9,11-13H2,1H3. The van der Waals surface area contributed by atoms with Gasteiger partial charge in [-0.2, -0.15) is 0 Å². The van der Waals surface area contributed by atoms with Gasteiger partial charge < -0.3 is 15.2 Å². The first kappa shape index (κ1) is 16.4. The van der Waals surface area contributed by atoms with E-state index < -0.39 is 6.10 Å². The van der Waals surface area contributed by atoms with Gasteiger partial charge in [-0.15, -0.1) is 0 Å². The van der Waals surface area contributed by atoms with E-state index in [0.717, 1.165) is 25.0 Å². The molecule has 1 aliphatic rings. The molecule has 21 heavy (non-hydrogen) atoms. The topological polar surface area (TPSA) is 54.4 Å². The van der Waals surface area contributed by atoms with Crippen molar-refractivity contribution >= 4 is 0 Å². The van der Waals surface area contributed by atoms with Crippen LogP contribution >= 0.6 is 0 Å². The molecule has 0 amide bonds. The molecule has 1 unspecified atom stereocenters. The minimum Gasteiger partial charge on any atom is -0.389 e. The molecule has 1 aliphatic carbocycles. The number of hydrogen-bond donors (Lipinski definition) is 2. The minimum atomic E-state index is -0.444. The predicted octanol–water partition coefficient (Wildman–Crippen LogP) is 2.44. The Morgan fingerprint density at radius 1 is 1.38 bits per heavy atom. The van der Waals surface area contributed by atoms with Gasteiger partial charge in [0.25, 0.3) is 0 Å². The second-order valence-electron chi connectivity index (χ2n) is 5.84. The van der Waals surface area contributed by atoms with Gasteiger partial charge >= 0.3 is 0 Å². The lowest BCUT2D eigenvalue weighted by Crippen LogP contribution is -2.32. The third-order valence-corrected chi connectivity index (χ3v) is 4.11. The Labute approximate surface area is 127 Å². The van der Waals surface area contributed by atoms with Crippen LogP contribution < -0.4 is 5.32 Å². The summed E-state index contributed by atoms with van der Waals surface area (Å²) in [5.41, 5.74) is 2.33. The number of aliphatic hydroxyl groups is 1. The maximum Gasteiger partial charge on any atom is 0.0897 e. The van der Waals surface area contributed by atoms with Crippen molar-refractivity contribution in [3.05, 3.63) is 29.6 Å². The molecule has 0 bridgehead atoms. The first-order chi connectivity index (χ1) is 10.3. The van der Waals surface area contributed by atoms with E-state index in [-0.39, 0.29) is 0 Å². The van der Waals surface area contributed by atoms with E-state index in [1.165, 1.54) is 24.8 Å². The van der Waals surface area contributed by atoms with Crippen LogP contribution in [-0.2, 0) is 17.7 Å². The molecule has 1 fully saturated rings. The van der Waals surface area contributed by atoms with E-state index in [9.17, 15) is 5.11 Å². The van der Waals surface area contributed by atoms with Crippen LogP contribution in [0.25, 0.3) is 0 Å². The average Bonchev–Trinajstić information content (AvgIpc) is 2.54. The Hall–Kier alpha value is -0.970. The zero-order chi connectivity index (χ0) is 14.9. The van der Waals surface area contributed by atoms with E-state index in [0.29, 0.717) is 25.8 Å². The lowest BCUT2D eigenvalue weighted by atomic mass is 9.98. The van der Waals surface area contributed by atoms with Crippen LogP contribution in [0.2, 0.25) is 0 Å². The van der Waals surface area contributed by atoms with Gasteiger partial charge in [-0.25, -0.2) is 0 Å². The molecule has 0 aliphatic heterocycles. The molecule has 0 radical (unpaired) electrons. The Balaban J connectivity index is 1.63. The van der Waals surface area contributed by atoms with Gasteiger partial charge in [0.15, 0.2) is 0 Å². The molecule has 2 N–H and O–H groups in total. The fraction of sp³-hybridized carbons (Fsp3) is 0.706. The van der Waals surface area contributed by atoms with Crippen LogP contribution in [0.1, 0.15) is 50.3 Å². The zero-order valence-electron chi connectivity index (χ0n) is 13.1. The number of nitrogens with one attached hydrogen (secondary N) is 1. The number of pyridine rings is 1. The van der Waals surface area contributed by atoms with E-state index in [2.05, 4.69) is 23.3 Å². The highest BCUT2D eigenvalue weighted by Crippen LogP contribution is 2.20. The van der Waals surface area contributed by atoms with Crippen LogP contribution in [-0.4, -0.2) is 35.5 Å². The number of aliphatic hydroxyl groups excluding tert-OH is 1. The highest BCUT2D eigenvalue weighted by molar-refractivity contribution is 5.19. The molecule has 1 saturated carbocycles. The van der Waals surface area contributed by atoms with Crippen LogP contribution in [0, 0.1) is 0 Å². The van der Waals surface area contributed by atoms with Crippen molar-refractivity contribution in [2.45, 2.75) is 64.2 Å². The van der Waals surface area contributed by atoms with Crippen LogP contribution in [0.15, 0.2) is 18.3 Å². The summed E-state index contributed by atoms with van der Waals surface area (Å²) < 4.78 is 5.79. The number of nitrogens with zero attached hydrogens (tertiary/aromatic N) is 1. The number of rotatable bonds is 8. The van der Waals surface area contributed by atoms with Crippen LogP contribution in [0.5, 0.6) is 0 Å². The van der Waals surface area contributed by atoms with E-state index >= 15 is 0 Å². The van der Waals surface area contributed by atoms with Gasteiger partial charge in [-0.3, -0.25) is 4.98 Å². The Morgan fingerprint density at radius 3 is 2.95 bits per heavy atom.